The van der Waals surface area contributed by atoms with Gasteiger partial charge in [0, 0.05) is 16.9 Å². The van der Waals surface area contributed by atoms with Crippen LogP contribution < -0.4 is 10.1 Å². The third kappa shape index (κ3) is 4.02. The Morgan fingerprint density at radius 2 is 2.08 bits per heavy atom. The van der Waals surface area contributed by atoms with Gasteiger partial charge in [-0.05, 0) is 44.0 Å². The minimum atomic E-state index is -0.211. The van der Waals surface area contributed by atoms with Gasteiger partial charge in [-0.2, -0.15) is 0 Å². The quantitative estimate of drug-likeness (QED) is 0.707. The van der Waals surface area contributed by atoms with Gasteiger partial charge in [0.25, 0.3) is 5.91 Å². The molecule has 1 N–H and O–H groups in total. The van der Waals surface area contributed by atoms with Crippen LogP contribution in [0, 0.1) is 6.92 Å². The highest BCUT2D eigenvalue weighted by atomic mass is 32.1. The second-order valence-corrected chi connectivity index (χ2v) is 7.96. The van der Waals surface area contributed by atoms with Crippen LogP contribution in [0.1, 0.15) is 44.8 Å². The Morgan fingerprint density at radius 3 is 2.76 bits per heavy atom. The van der Waals surface area contributed by atoms with E-state index in [9.17, 15) is 4.79 Å². The van der Waals surface area contributed by atoms with Crippen molar-refractivity contribution in [3.63, 3.8) is 0 Å². The zero-order valence-electron chi connectivity index (χ0n) is 13.6. The molecular weight excluding hydrogens is 356 g/mol. The molecule has 1 amide bonds. The summed E-state index contributed by atoms with van der Waals surface area (Å²) in [5, 5.41) is 14.9. The van der Waals surface area contributed by atoms with E-state index >= 15 is 0 Å². The highest BCUT2D eigenvalue weighted by molar-refractivity contribution is 7.15. The normalized spacial score (nSPS) is 13.6. The van der Waals surface area contributed by atoms with Crippen LogP contribution in [0.3, 0.4) is 0 Å². The number of amides is 1. The van der Waals surface area contributed by atoms with Gasteiger partial charge < -0.3 is 4.74 Å². The van der Waals surface area contributed by atoms with Crippen molar-refractivity contribution in [1.29, 1.82) is 0 Å². The summed E-state index contributed by atoms with van der Waals surface area (Å²) >= 11 is 2.98. The highest BCUT2D eigenvalue weighted by Gasteiger charge is 2.26. The molecule has 0 aliphatic heterocycles. The van der Waals surface area contributed by atoms with E-state index in [-0.39, 0.29) is 5.91 Å². The van der Waals surface area contributed by atoms with Crippen molar-refractivity contribution in [2.24, 2.45) is 0 Å². The van der Waals surface area contributed by atoms with Gasteiger partial charge in [-0.25, -0.2) is 4.98 Å². The maximum Gasteiger partial charge on any atom is 0.257 e. The molecular formula is C17H16N4O2S2. The molecule has 2 heterocycles. The lowest BCUT2D eigenvalue weighted by atomic mass is 10.2. The van der Waals surface area contributed by atoms with Crippen molar-refractivity contribution < 1.29 is 9.53 Å². The fraction of sp³-hybridized carbons (Fsp3) is 0.294. The van der Waals surface area contributed by atoms with Crippen LogP contribution >= 0.6 is 22.7 Å². The third-order valence-electron chi connectivity index (χ3n) is 3.79. The molecule has 8 heteroatoms. The smallest absolute Gasteiger partial charge is 0.257 e. The van der Waals surface area contributed by atoms with Gasteiger partial charge in [-0.3, -0.25) is 10.1 Å². The lowest BCUT2D eigenvalue weighted by Gasteiger charge is -2.05. The van der Waals surface area contributed by atoms with Crippen molar-refractivity contribution in [3.05, 3.63) is 50.9 Å². The van der Waals surface area contributed by atoms with Crippen molar-refractivity contribution in [2.75, 3.05) is 5.32 Å². The summed E-state index contributed by atoms with van der Waals surface area (Å²) in [6.07, 6.45) is 2.51. The number of carbonyl (C=O) groups is 1. The van der Waals surface area contributed by atoms with E-state index in [0.29, 0.717) is 29.0 Å². The van der Waals surface area contributed by atoms with Crippen LogP contribution in [0.15, 0.2) is 29.6 Å². The maximum absolute atomic E-state index is 12.2. The van der Waals surface area contributed by atoms with Gasteiger partial charge in [-0.1, -0.05) is 11.3 Å². The number of benzene rings is 1. The number of carbonyl (C=O) groups excluding carboxylic acids is 1. The molecule has 1 saturated carbocycles. The molecule has 2 aromatic heterocycles. The second-order valence-electron chi connectivity index (χ2n) is 5.83. The third-order valence-corrected chi connectivity index (χ3v) is 5.39. The first-order valence-corrected chi connectivity index (χ1v) is 9.65. The zero-order valence-corrected chi connectivity index (χ0v) is 15.2. The van der Waals surface area contributed by atoms with Crippen molar-refractivity contribution >= 4 is 33.7 Å². The van der Waals surface area contributed by atoms with Crippen LogP contribution in [-0.2, 0) is 6.61 Å². The van der Waals surface area contributed by atoms with Crippen LogP contribution in [0.2, 0.25) is 0 Å². The zero-order chi connectivity index (χ0) is 17.2. The molecule has 25 heavy (non-hydrogen) atoms. The fourth-order valence-corrected chi connectivity index (χ4v) is 3.70. The van der Waals surface area contributed by atoms with Gasteiger partial charge in [-0.15, -0.1) is 21.5 Å². The number of aromatic nitrogens is 3. The van der Waals surface area contributed by atoms with Gasteiger partial charge in [0.15, 0.2) is 0 Å². The Bertz CT molecular complexity index is 884. The molecule has 4 rings (SSSR count). The Labute approximate surface area is 152 Å². The maximum atomic E-state index is 12.2. The number of thiazole rings is 1. The highest BCUT2D eigenvalue weighted by Crippen LogP contribution is 2.40. The monoisotopic (exact) mass is 372 g/mol. The molecule has 1 aromatic carbocycles. The largest absolute Gasteiger partial charge is 0.486 e. The van der Waals surface area contributed by atoms with Gasteiger partial charge in [0.05, 0.1) is 5.69 Å². The molecule has 0 unspecified atom stereocenters. The second kappa shape index (κ2) is 6.89. The van der Waals surface area contributed by atoms with E-state index in [1.165, 1.54) is 29.9 Å². The summed E-state index contributed by atoms with van der Waals surface area (Å²) in [5.41, 5.74) is 1.74. The minimum Gasteiger partial charge on any atom is -0.486 e. The first kappa shape index (κ1) is 16.2. The van der Waals surface area contributed by atoms with Crippen LogP contribution in [0.5, 0.6) is 5.75 Å². The number of aryl methyl sites for hydroxylation is 1. The molecule has 1 fully saturated rings. The average Bonchev–Trinajstić information content (AvgIpc) is 3.22. The molecule has 0 atom stereocenters. The van der Waals surface area contributed by atoms with E-state index < -0.39 is 0 Å². The molecule has 0 bridgehead atoms. The lowest BCUT2D eigenvalue weighted by molar-refractivity contribution is 0.102. The molecule has 0 radical (unpaired) electrons. The summed E-state index contributed by atoms with van der Waals surface area (Å²) in [4.78, 5) is 16.8. The van der Waals surface area contributed by atoms with E-state index in [4.69, 9.17) is 4.74 Å². The average molecular weight is 372 g/mol. The Balaban J connectivity index is 1.33. The van der Waals surface area contributed by atoms with Gasteiger partial charge in [0.2, 0.25) is 5.13 Å². The van der Waals surface area contributed by atoms with E-state index in [2.05, 4.69) is 25.9 Å². The number of ether oxygens (including phenoxy) is 1. The summed E-state index contributed by atoms with van der Waals surface area (Å²) < 4.78 is 5.76. The predicted octanol–water partition coefficient (Wildman–Crippen LogP) is 4.01. The molecule has 6 nitrogen and oxygen atoms in total. The van der Waals surface area contributed by atoms with Crippen LogP contribution in [0.25, 0.3) is 0 Å². The van der Waals surface area contributed by atoms with E-state index in [1.807, 2.05) is 6.92 Å². The molecule has 128 valence electrons. The van der Waals surface area contributed by atoms with Crippen molar-refractivity contribution in [1.82, 2.24) is 15.2 Å². The summed E-state index contributed by atoms with van der Waals surface area (Å²) in [6.45, 7) is 2.29. The van der Waals surface area contributed by atoms with E-state index in [1.54, 1.807) is 35.6 Å². The molecule has 1 aliphatic rings. The SMILES string of the molecule is Cc1nnc(NC(=O)c2ccc(OCc3nc(C4CC4)cs3)cc2)s1. The minimum absolute atomic E-state index is 0.211. The Kier molecular flexibility index (Phi) is 4.46. The Hall–Kier alpha value is -2.32. The summed E-state index contributed by atoms with van der Waals surface area (Å²) in [5.74, 6) is 1.17. The standard InChI is InChI=1S/C17H16N4O2S2/c1-10-20-21-17(25-10)19-16(22)12-4-6-13(7-5-12)23-8-15-18-14(9-24-15)11-2-3-11/h4-7,9,11H,2-3,8H2,1H3,(H,19,21,22). The number of hydrogen-bond acceptors (Lipinski definition) is 7. The van der Waals surface area contributed by atoms with Crippen molar-refractivity contribution in [2.45, 2.75) is 32.3 Å². The van der Waals surface area contributed by atoms with E-state index in [0.717, 1.165) is 10.0 Å². The van der Waals surface area contributed by atoms with Crippen LogP contribution in [0.4, 0.5) is 5.13 Å². The lowest BCUT2D eigenvalue weighted by Crippen LogP contribution is -2.11. The molecule has 0 saturated heterocycles. The number of nitrogens with zero attached hydrogens (tertiary/aromatic N) is 3. The molecule has 1 aliphatic carbocycles. The fourth-order valence-electron chi connectivity index (χ4n) is 2.32. The Morgan fingerprint density at radius 1 is 1.28 bits per heavy atom. The summed E-state index contributed by atoms with van der Waals surface area (Å²) in [7, 11) is 0. The number of anilines is 1. The number of hydrogen-bond donors (Lipinski definition) is 1. The first-order valence-electron chi connectivity index (χ1n) is 7.96. The topological polar surface area (TPSA) is 77.0 Å². The summed E-state index contributed by atoms with van der Waals surface area (Å²) in [6, 6.07) is 7.04. The first-order chi connectivity index (χ1) is 12.2. The molecule has 3 aromatic rings. The molecule has 0 spiro atoms. The number of nitrogens with one attached hydrogen (secondary N) is 1. The van der Waals surface area contributed by atoms with Crippen LogP contribution in [-0.4, -0.2) is 21.1 Å². The van der Waals surface area contributed by atoms with Gasteiger partial charge in [0.1, 0.15) is 22.4 Å². The van der Waals surface area contributed by atoms with Crippen molar-refractivity contribution in [3.8, 4) is 5.75 Å². The predicted molar refractivity (Wildman–Crippen MR) is 97.5 cm³/mol. The number of rotatable bonds is 6. The van der Waals surface area contributed by atoms with Gasteiger partial charge >= 0.3 is 0 Å².